The molecule has 0 saturated carbocycles. The van der Waals surface area contributed by atoms with Gasteiger partial charge in [-0.2, -0.15) is 0 Å². The van der Waals surface area contributed by atoms with Crippen LogP contribution in [0.15, 0.2) is 75.9 Å². The lowest BCUT2D eigenvalue weighted by Crippen LogP contribution is -2.06. The molecule has 0 bridgehead atoms. The largest absolute Gasteiger partial charge is 0.506 e. The van der Waals surface area contributed by atoms with Crippen molar-refractivity contribution in [1.82, 2.24) is 14.5 Å². The number of aromatic nitrogens is 3. The zero-order valence-corrected chi connectivity index (χ0v) is 20.5. The van der Waals surface area contributed by atoms with Gasteiger partial charge >= 0.3 is 0 Å². The topological polar surface area (TPSA) is 81.2 Å². The molecular formula is C26H19BrClN3O3. The molecule has 0 radical (unpaired) electrons. The van der Waals surface area contributed by atoms with Crippen LogP contribution >= 0.6 is 27.5 Å². The Kier molecular flexibility index (Phi) is 5.98. The van der Waals surface area contributed by atoms with Crippen molar-refractivity contribution >= 4 is 44.2 Å². The van der Waals surface area contributed by atoms with Crippen LogP contribution in [-0.4, -0.2) is 25.4 Å². The average molecular weight is 537 g/mol. The summed E-state index contributed by atoms with van der Waals surface area (Å²) in [6, 6.07) is 16.9. The van der Waals surface area contributed by atoms with Crippen LogP contribution in [0.1, 0.15) is 27.5 Å². The van der Waals surface area contributed by atoms with E-state index in [1.54, 1.807) is 24.4 Å². The number of hydrogen-bond acceptors (Lipinski definition) is 5. The van der Waals surface area contributed by atoms with E-state index in [0.29, 0.717) is 23.4 Å². The Balaban J connectivity index is 1.53. The molecule has 0 unspecified atom stereocenters. The fourth-order valence-corrected chi connectivity index (χ4v) is 4.59. The zero-order valence-electron chi connectivity index (χ0n) is 18.1. The summed E-state index contributed by atoms with van der Waals surface area (Å²) in [4.78, 5) is 21.6. The van der Waals surface area contributed by atoms with Crippen molar-refractivity contribution < 1.29 is 14.3 Å². The molecule has 0 aliphatic heterocycles. The molecule has 2 aromatic carbocycles. The summed E-state index contributed by atoms with van der Waals surface area (Å²) >= 11 is 9.99. The highest BCUT2D eigenvalue weighted by Gasteiger charge is 2.23. The molecule has 0 fully saturated rings. The number of oxazole rings is 1. The third-order valence-corrected chi connectivity index (χ3v) is 6.70. The van der Waals surface area contributed by atoms with Crippen LogP contribution in [0, 0.1) is 6.92 Å². The van der Waals surface area contributed by atoms with E-state index in [1.165, 1.54) is 6.20 Å². The Bertz CT molecular complexity index is 1510. The van der Waals surface area contributed by atoms with Crippen molar-refractivity contribution in [2.75, 3.05) is 0 Å². The van der Waals surface area contributed by atoms with E-state index in [4.69, 9.17) is 16.0 Å². The second kappa shape index (κ2) is 9.08. The van der Waals surface area contributed by atoms with Gasteiger partial charge in [-0.1, -0.05) is 45.7 Å². The van der Waals surface area contributed by atoms with Gasteiger partial charge in [0.2, 0.25) is 5.78 Å². The van der Waals surface area contributed by atoms with Gasteiger partial charge in [-0.25, -0.2) is 4.98 Å². The SMILES string of the molecule is Cc1c(CC(=O)c2ncc(-c3ccccn3)o2)c2c(Cl)c(O)ccc2n1Cc1ccc(Br)cc1. The van der Waals surface area contributed by atoms with Crippen molar-refractivity contribution in [2.45, 2.75) is 19.9 Å². The maximum Gasteiger partial charge on any atom is 0.264 e. The summed E-state index contributed by atoms with van der Waals surface area (Å²) in [7, 11) is 0. The third kappa shape index (κ3) is 4.13. The lowest BCUT2D eigenvalue weighted by molar-refractivity contribution is 0.0960. The molecule has 3 aromatic heterocycles. The van der Waals surface area contributed by atoms with Gasteiger partial charge in [0, 0.05) is 34.7 Å². The first-order valence-corrected chi connectivity index (χ1v) is 11.7. The molecule has 5 aromatic rings. The number of phenols is 1. The Labute approximate surface area is 209 Å². The first-order valence-electron chi connectivity index (χ1n) is 10.6. The molecule has 8 heteroatoms. The van der Waals surface area contributed by atoms with Crippen molar-refractivity contribution in [3.05, 3.63) is 99.2 Å². The van der Waals surface area contributed by atoms with Crippen LogP contribution in [0.4, 0.5) is 0 Å². The fraction of sp³-hybridized carbons (Fsp3) is 0.115. The lowest BCUT2D eigenvalue weighted by atomic mass is 10.0. The van der Waals surface area contributed by atoms with E-state index >= 15 is 0 Å². The van der Waals surface area contributed by atoms with Gasteiger partial charge in [0.15, 0.2) is 5.76 Å². The van der Waals surface area contributed by atoms with Gasteiger partial charge in [0.05, 0.1) is 16.7 Å². The highest BCUT2D eigenvalue weighted by molar-refractivity contribution is 9.10. The predicted octanol–water partition coefficient (Wildman–Crippen LogP) is 6.59. The number of carbonyl (C=O) groups is 1. The number of nitrogens with zero attached hydrogens (tertiary/aromatic N) is 3. The van der Waals surface area contributed by atoms with Crippen molar-refractivity contribution in [3.63, 3.8) is 0 Å². The molecule has 0 aliphatic rings. The number of hydrogen-bond donors (Lipinski definition) is 1. The Hall–Kier alpha value is -3.42. The predicted molar refractivity (Wildman–Crippen MR) is 134 cm³/mol. The van der Waals surface area contributed by atoms with E-state index in [1.807, 2.05) is 43.3 Å². The number of phenolic OH excluding ortho intramolecular Hbond substituents is 1. The van der Waals surface area contributed by atoms with E-state index in [9.17, 15) is 9.90 Å². The normalized spacial score (nSPS) is 11.3. The van der Waals surface area contributed by atoms with Crippen LogP contribution < -0.4 is 0 Å². The van der Waals surface area contributed by atoms with Crippen LogP contribution in [0.2, 0.25) is 5.02 Å². The second-order valence-electron chi connectivity index (χ2n) is 7.91. The summed E-state index contributed by atoms with van der Waals surface area (Å²) in [5.74, 6) is 0.115. The number of rotatable bonds is 6. The number of carbonyl (C=O) groups excluding carboxylic acids is 1. The molecule has 6 nitrogen and oxygen atoms in total. The second-order valence-corrected chi connectivity index (χ2v) is 9.21. The first kappa shape index (κ1) is 22.4. The summed E-state index contributed by atoms with van der Waals surface area (Å²) in [6.07, 6.45) is 3.18. The van der Waals surface area contributed by atoms with Gasteiger partial charge in [-0.3, -0.25) is 9.78 Å². The minimum atomic E-state index is -0.285. The summed E-state index contributed by atoms with van der Waals surface area (Å²) < 4.78 is 8.81. The zero-order chi connectivity index (χ0) is 23.8. The highest BCUT2D eigenvalue weighted by atomic mass is 79.9. The minimum Gasteiger partial charge on any atom is -0.506 e. The number of Topliss-reactive ketones (excluding diaryl/α,β-unsaturated/α-hetero) is 1. The first-order chi connectivity index (χ1) is 16.4. The Morgan fingerprint density at radius 3 is 2.65 bits per heavy atom. The Morgan fingerprint density at radius 2 is 1.91 bits per heavy atom. The van der Waals surface area contributed by atoms with Crippen molar-refractivity contribution in [2.24, 2.45) is 0 Å². The summed E-state index contributed by atoms with van der Waals surface area (Å²) in [5, 5.41) is 11.1. The van der Waals surface area contributed by atoms with Gasteiger partial charge in [-0.05, 0) is 54.4 Å². The molecule has 3 heterocycles. The molecule has 0 saturated heterocycles. The molecule has 0 aliphatic carbocycles. The monoisotopic (exact) mass is 535 g/mol. The molecule has 34 heavy (non-hydrogen) atoms. The van der Waals surface area contributed by atoms with E-state index in [2.05, 4.69) is 30.5 Å². The molecule has 5 rings (SSSR count). The van der Waals surface area contributed by atoms with Crippen molar-refractivity contribution in [1.29, 1.82) is 0 Å². The Morgan fingerprint density at radius 1 is 1.12 bits per heavy atom. The van der Waals surface area contributed by atoms with Gasteiger partial charge in [0.1, 0.15) is 11.4 Å². The van der Waals surface area contributed by atoms with Crippen LogP contribution in [0.25, 0.3) is 22.4 Å². The number of benzene rings is 2. The maximum absolute atomic E-state index is 13.2. The molecular weight excluding hydrogens is 518 g/mol. The lowest BCUT2D eigenvalue weighted by Gasteiger charge is -2.09. The summed E-state index contributed by atoms with van der Waals surface area (Å²) in [5.41, 5.74) is 4.15. The molecule has 1 N–H and O–H groups in total. The van der Waals surface area contributed by atoms with E-state index in [-0.39, 0.29) is 28.9 Å². The molecule has 0 amide bonds. The number of halogens is 2. The average Bonchev–Trinajstić information content (AvgIpc) is 3.44. The number of pyridine rings is 1. The minimum absolute atomic E-state index is 0.00476. The van der Waals surface area contributed by atoms with Gasteiger partial charge < -0.3 is 14.1 Å². The van der Waals surface area contributed by atoms with E-state index < -0.39 is 0 Å². The number of aromatic hydroxyl groups is 1. The van der Waals surface area contributed by atoms with Crippen molar-refractivity contribution in [3.8, 4) is 17.2 Å². The molecule has 0 atom stereocenters. The van der Waals surface area contributed by atoms with Gasteiger partial charge in [0.25, 0.3) is 5.89 Å². The van der Waals surface area contributed by atoms with Gasteiger partial charge in [-0.15, -0.1) is 0 Å². The van der Waals surface area contributed by atoms with Crippen LogP contribution in [0.5, 0.6) is 5.75 Å². The third-order valence-electron chi connectivity index (χ3n) is 5.79. The number of fused-ring (bicyclic) bond motifs is 1. The van der Waals surface area contributed by atoms with Crippen LogP contribution in [0.3, 0.4) is 0 Å². The maximum atomic E-state index is 13.2. The standard InChI is InChI=1S/C26H19BrClN3O3/c1-15-18(12-22(33)26-30-13-23(34-26)19-4-2-3-11-29-19)24-20(9-10-21(32)25(24)28)31(15)14-16-5-7-17(27)8-6-16/h2-11,13,32H,12,14H2,1H3. The molecule has 0 spiro atoms. The smallest absolute Gasteiger partial charge is 0.264 e. The number of ketones is 1. The molecule has 170 valence electrons. The fourth-order valence-electron chi connectivity index (χ4n) is 4.05. The quantitative estimate of drug-likeness (QED) is 0.247. The van der Waals surface area contributed by atoms with E-state index in [0.717, 1.165) is 26.8 Å². The highest BCUT2D eigenvalue weighted by Crippen LogP contribution is 2.38. The summed E-state index contributed by atoms with van der Waals surface area (Å²) in [6.45, 7) is 2.54. The van der Waals surface area contributed by atoms with Crippen LogP contribution in [-0.2, 0) is 13.0 Å².